The van der Waals surface area contributed by atoms with E-state index in [4.69, 9.17) is 4.74 Å². The second-order valence-corrected chi connectivity index (χ2v) is 7.46. The molecule has 0 radical (unpaired) electrons. The number of methoxy groups -OCH3 is 1. The summed E-state index contributed by atoms with van der Waals surface area (Å²) in [7, 11) is 1.58. The quantitative estimate of drug-likeness (QED) is 0.718. The van der Waals surface area contributed by atoms with Crippen LogP contribution in [0.25, 0.3) is 6.08 Å². The predicted molar refractivity (Wildman–Crippen MR) is 110 cm³/mol. The SMILES string of the molecule is COc1ccccc1NCN1C(=O)SC(=Cc2ccc(C(C)C)cc2)C1=O. The molecule has 0 atom stereocenters. The summed E-state index contributed by atoms with van der Waals surface area (Å²) in [6, 6.07) is 15.4. The first-order valence-corrected chi connectivity index (χ1v) is 9.53. The Balaban J connectivity index is 1.71. The maximum Gasteiger partial charge on any atom is 0.295 e. The molecule has 0 spiro atoms. The zero-order chi connectivity index (χ0) is 19.4. The van der Waals surface area contributed by atoms with E-state index in [0.29, 0.717) is 16.6 Å². The molecule has 0 aliphatic carbocycles. The van der Waals surface area contributed by atoms with Crippen LogP contribution in [0.5, 0.6) is 5.75 Å². The lowest BCUT2D eigenvalue weighted by molar-refractivity contribution is -0.122. The molecule has 2 aromatic rings. The number of thioether (sulfide) groups is 1. The number of amides is 2. The Morgan fingerprint density at radius 3 is 2.48 bits per heavy atom. The van der Waals surface area contributed by atoms with Gasteiger partial charge in [-0.2, -0.15) is 0 Å². The number of carbonyl (C=O) groups excluding carboxylic acids is 2. The first-order valence-electron chi connectivity index (χ1n) is 8.72. The number of nitrogens with one attached hydrogen (secondary N) is 1. The molecule has 0 bridgehead atoms. The van der Waals surface area contributed by atoms with Gasteiger partial charge < -0.3 is 10.1 Å². The van der Waals surface area contributed by atoms with Crippen molar-refractivity contribution in [3.63, 3.8) is 0 Å². The Morgan fingerprint density at radius 2 is 1.81 bits per heavy atom. The summed E-state index contributed by atoms with van der Waals surface area (Å²) in [5, 5.41) is 2.81. The van der Waals surface area contributed by atoms with Crippen molar-refractivity contribution in [1.29, 1.82) is 0 Å². The number of anilines is 1. The Labute approximate surface area is 163 Å². The highest BCUT2D eigenvalue weighted by Crippen LogP contribution is 2.33. The standard InChI is InChI=1S/C21H22N2O3S/c1-14(2)16-10-8-15(9-11-16)12-19-20(24)23(21(25)27-19)13-22-17-6-4-5-7-18(17)26-3/h4-12,14,22H,13H2,1-3H3. The average molecular weight is 382 g/mol. The van der Waals surface area contributed by atoms with Gasteiger partial charge in [0, 0.05) is 0 Å². The van der Waals surface area contributed by atoms with Gasteiger partial charge >= 0.3 is 0 Å². The highest BCUT2D eigenvalue weighted by molar-refractivity contribution is 8.18. The van der Waals surface area contributed by atoms with Crippen LogP contribution in [0, 0.1) is 0 Å². The van der Waals surface area contributed by atoms with E-state index in [0.717, 1.165) is 23.0 Å². The third-order valence-electron chi connectivity index (χ3n) is 4.31. The van der Waals surface area contributed by atoms with Crippen molar-refractivity contribution in [2.45, 2.75) is 19.8 Å². The molecule has 3 rings (SSSR count). The van der Waals surface area contributed by atoms with Crippen LogP contribution in [-0.4, -0.2) is 29.8 Å². The van der Waals surface area contributed by atoms with Crippen LogP contribution in [0.4, 0.5) is 10.5 Å². The number of ether oxygens (including phenoxy) is 1. The number of benzene rings is 2. The summed E-state index contributed by atoms with van der Waals surface area (Å²) in [6.45, 7) is 4.36. The van der Waals surface area contributed by atoms with E-state index in [2.05, 4.69) is 19.2 Å². The van der Waals surface area contributed by atoms with E-state index in [9.17, 15) is 9.59 Å². The molecule has 2 aromatic carbocycles. The van der Waals surface area contributed by atoms with Gasteiger partial charge in [0.05, 0.1) is 24.4 Å². The van der Waals surface area contributed by atoms with Gasteiger partial charge in [-0.25, -0.2) is 0 Å². The molecule has 1 N–H and O–H groups in total. The minimum atomic E-state index is -0.291. The number of imide groups is 1. The molecule has 6 heteroatoms. The summed E-state index contributed by atoms with van der Waals surface area (Å²) in [5.41, 5.74) is 2.87. The van der Waals surface area contributed by atoms with Crippen molar-refractivity contribution in [2.75, 3.05) is 19.1 Å². The third kappa shape index (κ3) is 4.34. The Bertz CT molecular complexity index is 875. The number of carbonyl (C=O) groups is 2. The van der Waals surface area contributed by atoms with Gasteiger partial charge in [-0.15, -0.1) is 0 Å². The number of hydrogen-bond acceptors (Lipinski definition) is 5. The van der Waals surface area contributed by atoms with E-state index >= 15 is 0 Å². The number of rotatable bonds is 6. The van der Waals surface area contributed by atoms with Gasteiger partial charge in [0.1, 0.15) is 5.75 Å². The zero-order valence-electron chi connectivity index (χ0n) is 15.6. The third-order valence-corrected chi connectivity index (χ3v) is 5.22. The smallest absolute Gasteiger partial charge is 0.295 e. The van der Waals surface area contributed by atoms with Crippen molar-refractivity contribution in [3.05, 3.63) is 64.6 Å². The summed E-state index contributed by atoms with van der Waals surface area (Å²) >= 11 is 0.960. The van der Waals surface area contributed by atoms with E-state index in [1.807, 2.05) is 48.5 Å². The second kappa shape index (κ2) is 8.31. The molecule has 1 heterocycles. The molecule has 0 unspecified atom stereocenters. The van der Waals surface area contributed by atoms with E-state index in [1.165, 1.54) is 10.5 Å². The van der Waals surface area contributed by atoms with Crippen molar-refractivity contribution in [3.8, 4) is 5.75 Å². The van der Waals surface area contributed by atoms with E-state index in [1.54, 1.807) is 13.2 Å². The van der Waals surface area contributed by atoms with Crippen LogP contribution in [0.3, 0.4) is 0 Å². The fourth-order valence-corrected chi connectivity index (χ4v) is 3.56. The predicted octanol–water partition coefficient (Wildman–Crippen LogP) is 4.92. The maximum absolute atomic E-state index is 12.6. The number of nitrogens with zero attached hydrogens (tertiary/aromatic N) is 1. The second-order valence-electron chi connectivity index (χ2n) is 6.47. The first kappa shape index (κ1) is 19.0. The zero-order valence-corrected chi connectivity index (χ0v) is 16.4. The molecule has 27 heavy (non-hydrogen) atoms. The maximum atomic E-state index is 12.6. The molecule has 0 saturated carbocycles. The number of hydrogen-bond donors (Lipinski definition) is 1. The fourth-order valence-electron chi connectivity index (χ4n) is 2.72. The van der Waals surface area contributed by atoms with Crippen LogP contribution in [-0.2, 0) is 4.79 Å². The average Bonchev–Trinajstić information content (AvgIpc) is 2.93. The Hall–Kier alpha value is -2.73. The molecule has 1 aliphatic heterocycles. The molecular formula is C21H22N2O3S. The van der Waals surface area contributed by atoms with Gasteiger partial charge in [-0.1, -0.05) is 50.2 Å². The topological polar surface area (TPSA) is 58.6 Å². The van der Waals surface area contributed by atoms with E-state index < -0.39 is 0 Å². The van der Waals surface area contributed by atoms with Gasteiger partial charge in [-0.05, 0) is 47.0 Å². The van der Waals surface area contributed by atoms with Crippen LogP contribution in [0.1, 0.15) is 30.9 Å². The molecule has 0 aromatic heterocycles. The molecule has 2 amide bonds. The minimum absolute atomic E-state index is 0.0919. The Morgan fingerprint density at radius 1 is 1.11 bits per heavy atom. The van der Waals surface area contributed by atoms with Gasteiger partial charge in [0.2, 0.25) is 0 Å². The normalized spacial score (nSPS) is 15.7. The van der Waals surface area contributed by atoms with Crippen LogP contribution in [0.2, 0.25) is 0 Å². The Kier molecular flexibility index (Phi) is 5.86. The lowest BCUT2D eigenvalue weighted by Crippen LogP contribution is -2.33. The summed E-state index contributed by atoms with van der Waals surface area (Å²) < 4.78 is 5.27. The lowest BCUT2D eigenvalue weighted by Gasteiger charge is -2.16. The molecule has 1 fully saturated rings. The van der Waals surface area contributed by atoms with Crippen LogP contribution in [0.15, 0.2) is 53.4 Å². The minimum Gasteiger partial charge on any atom is -0.495 e. The molecule has 1 saturated heterocycles. The van der Waals surface area contributed by atoms with Crippen molar-refractivity contribution < 1.29 is 14.3 Å². The van der Waals surface area contributed by atoms with Crippen molar-refractivity contribution >= 4 is 34.7 Å². The van der Waals surface area contributed by atoms with Crippen LogP contribution < -0.4 is 10.1 Å². The summed E-state index contributed by atoms with van der Waals surface area (Å²) in [4.78, 5) is 26.5. The van der Waals surface area contributed by atoms with Crippen molar-refractivity contribution in [2.24, 2.45) is 0 Å². The largest absolute Gasteiger partial charge is 0.495 e. The summed E-state index contributed by atoms with van der Waals surface area (Å²) in [5.74, 6) is 0.818. The van der Waals surface area contributed by atoms with Gasteiger partial charge in [0.15, 0.2) is 0 Å². The molecule has 140 valence electrons. The fraction of sp³-hybridized carbons (Fsp3) is 0.238. The molecule has 1 aliphatic rings. The summed E-state index contributed by atoms with van der Waals surface area (Å²) in [6.07, 6.45) is 1.76. The monoisotopic (exact) mass is 382 g/mol. The van der Waals surface area contributed by atoms with Gasteiger partial charge in [0.25, 0.3) is 11.1 Å². The highest BCUT2D eigenvalue weighted by Gasteiger charge is 2.34. The van der Waals surface area contributed by atoms with Crippen molar-refractivity contribution in [1.82, 2.24) is 4.90 Å². The number of para-hydroxylation sites is 2. The highest BCUT2D eigenvalue weighted by atomic mass is 32.2. The first-order chi connectivity index (χ1) is 13.0. The van der Waals surface area contributed by atoms with E-state index in [-0.39, 0.29) is 17.8 Å². The van der Waals surface area contributed by atoms with Crippen LogP contribution >= 0.6 is 11.8 Å². The molecular weight excluding hydrogens is 360 g/mol. The van der Waals surface area contributed by atoms with Gasteiger partial charge in [-0.3, -0.25) is 14.5 Å². The molecule has 5 nitrogen and oxygen atoms in total. The lowest BCUT2D eigenvalue weighted by atomic mass is 10.0.